The molecule has 0 bridgehead atoms. The molecule has 0 saturated carbocycles. The van der Waals surface area contributed by atoms with Gasteiger partial charge < -0.3 is 9.84 Å². The third-order valence-corrected chi connectivity index (χ3v) is 6.12. The molecule has 0 amide bonds. The van der Waals surface area contributed by atoms with Crippen molar-refractivity contribution >= 4 is 0 Å². The van der Waals surface area contributed by atoms with Gasteiger partial charge in [-0.3, -0.25) is 0 Å². The van der Waals surface area contributed by atoms with Gasteiger partial charge in [0.2, 0.25) is 0 Å². The van der Waals surface area contributed by atoms with Crippen LogP contribution in [0.5, 0.6) is 11.5 Å². The van der Waals surface area contributed by atoms with Gasteiger partial charge in [0.15, 0.2) is 0 Å². The lowest BCUT2D eigenvalue weighted by atomic mass is 10.0. The van der Waals surface area contributed by atoms with Crippen LogP contribution in [0.4, 0.5) is 0 Å². The first kappa shape index (κ1) is 26.9. The minimum atomic E-state index is 0.401. The van der Waals surface area contributed by atoms with Gasteiger partial charge >= 0.3 is 0 Å². The van der Waals surface area contributed by atoms with E-state index < -0.39 is 0 Å². The average molecular weight is 419 g/mol. The van der Waals surface area contributed by atoms with Crippen molar-refractivity contribution in [1.29, 1.82) is 0 Å². The molecule has 174 valence electrons. The summed E-state index contributed by atoms with van der Waals surface area (Å²) < 4.78 is 5.89. The summed E-state index contributed by atoms with van der Waals surface area (Å²) in [5.41, 5.74) is 1.02. The van der Waals surface area contributed by atoms with Gasteiger partial charge in [0.05, 0.1) is 6.61 Å². The van der Waals surface area contributed by atoms with Gasteiger partial charge in [0, 0.05) is 0 Å². The van der Waals surface area contributed by atoms with Crippen molar-refractivity contribution in [3.8, 4) is 11.5 Å². The minimum absolute atomic E-state index is 0.401. The molecule has 0 aliphatic heterocycles. The average Bonchev–Trinajstić information content (AvgIpc) is 2.76. The molecule has 0 radical (unpaired) electrons. The van der Waals surface area contributed by atoms with Crippen molar-refractivity contribution in [3.63, 3.8) is 0 Å². The van der Waals surface area contributed by atoms with Gasteiger partial charge in [-0.1, -0.05) is 117 Å². The second kappa shape index (κ2) is 19.8. The lowest BCUT2D eigenvalue weighted by Gasteiger charge is -2.09. The third-order valence-electron chi connectivity index (χ3n) is 6.12. The maximum atomic E-state index is 9.93. The molecule has 0 atom stereocenters. The van der Waals surface area contributed by atoms with E-state index in [1.807, 2.05) is 12.1 Å². The van der Waals surface area contributed by atoms with E-state index in [2.05, 4.69) is 13.8 Å². The van der Waals surface area contributed by atoms with Crippen molar-refractivity contribution in [3.05, 3.63) is 23.8 Å². The second-order valence-electron chi connectivity index (χ2n) is 9.05. The second-order valence-corrected chi connectivity index (χ2v) is 9.05. The fraction of sp³-hybridized carbons (Fsp3) is 0.786. The van der Waals surface area contributed by atoms with E-state index in [1.165, 1.54) is 96.3 Å². The highest BCUT2D eigenvalue weighted by molar-refractivity contribution is 5.39. The Bertz CT molecular complexity index is 497. The maximum absolute atomic E-state index is 9.93. The molecule has 0 unspecified atom stereocenters. The van der Waals surface area contributed by atoms with Crippen LogP contribution in [0.2, 0.25) is 0 Å². The number of aromatic hydroxyl groups is 1. The summed E-state index contributed by atoms with van der Waals surface area (Å²) in [4.78, 5) is 0. The number of phenolic OH excluding ortho intramolecular Hbond substituents is 1. The molecule has 1 aromatic carbocycles. The van der Waals surface area contributed by atoms with Gasteiger partial charge in [-0.2, -0.15) is 0 Å². The number of ether oxygens (including phenoxy) is 1. The summed E-state index contributed by atoms with van der Waals surface area (Å²) >= 11 is 0. The molecule has 30 heavy (non-hydrogen) atoms. The fourth-order valence-electron chi connectivity index (χ4n) is 4.06. The SMILES string of the molecule is CCCCCCCCCCCCCCCCCCOc1ccc(O)c(CCCC)c1. The van der Waals surface area contributed by atoms with E-state index in [-0.39, 0.29) is 0 Å². The van der Waals surface area contributed by atoms with Crippen LogP contribution in [-0.4, -0.2) is 11.7 Å². The Hall–Kier alpha value is -1.18. The number of unbranched alkanes of at least 4 members (excludes halogenated alkanes) is 16. The molecule has 1 rings (SSSR count). The highest BCUT2D eigenvalue weighted by Gasteiger charge is 2.03. The van der Waals surface area contributed by atoms with E-state index in [4.69, 9.17) is 4.74 Å². The summed E-state index contributed by atoms with van der Waals surface area (Å²) in [5.74, 6) is 1.30. The van der Waals surface area contributed by atoms with E-state index in [1.54, 1.807) is 6.07 Å². The summed E-state index contributed by atoms with van der Waals surface area (Å²) in [5, 5.41) is 9.93. The zero-order valence-electron chi connectivity index (χ0n) is 20.2. The van der Waals surface area contributed by atoms with Crippen LogP contribution in [-0.2, 0) is 6.42 Å². The smallest absolute Gasteiger partial charge is 0.119 e. The molecule has 0 saturated heterocycles. The van der Waals surface area contributed by atoms with Crippen LogP contribution in [0.15, 0.2) is 18.2 Å². The number of rotatable bonds is 21. The van der Waals surface area contributed by atoms with Crippen molar-refractivity contribution in [2.75, 3.05) is 6.61 Å². The largest absolute Gasteiger partial charge is 0.508 e. The van der Waals surface area contributed by atoms with Crippen LogP contribution < -0.4 is 4.74 Å². The number of phenols is 1. The Kier molecular flexibility index (Phi) is 17.7. The molecule has 0 aliphatic rings. The van der Waals surface area contributed by atoms with Crippen LogP contribution in [0, 0.1) is 0 Å². The normalized spacial score (nSPS) is 11.1. The molecule has 1 N–H and O–H groups in total. The van der Waals surface area contributed by atoms with E-state index in [0.29, 0.717) is 5.75 Å². The van der Waals surface area contributed by atoms with E-state index >= 15 is 0 Å². The molecular formula is C28H50O2. The molecule has 2 heteroatoms. The number of benzene rings is 1. The van der Waals surface area contributed by atoms with Crippen molar-refractivity contribution in [2.24, 2.45) is 0 Å². The standard InChI is InChI=1S/C28H50O2/c1-3-5-7-8-9-10-11-12-13-14-15-16-17-18-19-20-24-30-27-22-23-28(29)26(25-27)21-6-4-2/h22-23,25,29H,3-21,24H2,1-2H3. The molecule has 1 aromatic rings. The van der Waals surface area contributed by atoms with Crippen LogP contribution in [0.25, 0.3) is 0 Å². The minimum Gasteiger partial charge on any atom is -0.508 e. The maximum Gasteiger partial charge on any atom is 0.119 e. The van der Waals surface area contributed by atoms with Gasteiger partial charge in [0.25, 0.3) is 0 Å². The van der Waals surface area contributed by atoms with Crippen molar-refractivity contribution in [2.45, 2.75) is 136 Å². The molecule has 0 fully saturated rings. The van der Waals surface area contributed by atoms with E-state index in [9.17, 15) is 5.11 Å². The fourth-order valence-corrected chi connectivity index (χ4v) is 4.06. The molecule has 0 aliphatic carbocycles. The predicted molar refractivity (Wildman–Crippen MR) is 132 cm³/mol. The Balaban J connectivity index is 1.87. The zero-order chi connectivity index (χ0) is 21.7. The monoisotopic (exact) mass is 418 g/mol. The molecule has 0 aromatic heterocycles. The zero-order valence-corrected chi connectivity index (χ0v) is 20.2. The summed E-state index contributed by atoms with van der Waals surface area (Å²) in [6.07, 6.45) is 25.4. The van der Waals surface area contributed by atoms with Crippen LogP contribution in [0.1, 0.15) is 135 Å². The molecular weight excluding hydrogens is 368 g/mol. The highest BCUT2D eigenvalue weighted by atomic mass is 16.5. The number of hydrogen-bond acceptors (Lipinski definition) is 2. The third kappa shape index (κ3) is 14.7. The number of aryl methyl sites for hydroxylation is 1. The Morgan fingerprint density at radius 1 is 0.600 bits per heavy atom. The van der Waals surface area contributed by atoms with Crippen molar-refractivity contribution in [1.82, 2.24) is 0 Å². The summed E-state index contributed by atoms with van der Waals surface area (Å²) in [6, 6.07) is 5.67. The quantitative estimate of drug-likeness (QED) is 0.201. The number of hydrogen-bond donors (Lipinski definition) is 1. The first-order valence-electron chi connectivity index (χ1n) is 13.2. The first-order chi connectivity index (χ1) is 14.8. The summed E-state index contributed by atoms with van der Waals surface area (Å²) in [6.45, 7) is 5.25. The Morgan fingerprint density at radius 2 is 1.07 bits per heavy atom. The van der Waals surface area contributed by atoms with Gasteiger partial charge in [-0.15, -0.1) is 0 Å². The van der Waals surface area contributed by atoms with E-state index in [0.717, 1.165) is 43.6 Å². The Labute approximate surface area is 187 Å². The lowest BCUT2D eigenvalue weighted by molar-refractivity contribution is 0.303. The van der Waals surface area contributed by atoms with Crippen LogP contribution >= 0.6 is 0 Å². The molecule has 0 spiro atoms. The van der Waals surface area contributed by atoms with Gasteiger partial charge in [-0.05, 0) is 43.0 Å². The molecule has 2 nitrogen and oxygen atoms in total. The Morgan fingerprint density at radius 3 is 1.57 bits per heavy atom. The van der Waals surface area contributed by atoms with Gasteiger partial charge in [0.1, 0.15) is 11.5 Å². The van der Waals surface area contributed by atoms with Gasteiger partial charge in [-0.25, -0.2) is 0 Å². The van der Waals surface area contributed by atoms with Crippen molar-refractivity contribution < 1.29 is 9.84 Å². The van der Waals surface area contributed by atoms with Crippen LogP contribution in [0.3, 0.4) is 0 Å². The lowest BCUT2D eigenvalue weighted by Crippen LogP contribution is -1.98. The highest BCUT2D eigenvalue weighted by Crippen LogP contribution is 2.25. The first-order valence-corrected chi connectivity index (χ1v) is 13.2. The molecule has 0 heterocycles. The topological polar surface area (TPSA) is 29.5 Å². The summed E-state index contributed by atoms with van der Waals surface area (Å²) in [7, 11) is 0. The predicted octanol–water partition coefficient (Wildman–Crippen LogP) is 9.38.